The van der Waals surface area contributed by atoms with E-state index in [1.165, 1.54) is 4.90 Å². The van der Waals surface area contributed by atoms with Gasteiger partial charge in [0.1, 0.15) is 11.8 Å². The molecular weight excluding hydrogens is 351 g/mol. The lowest BCUT2D eigenvalue weighted by atomic mass is 10.1. The van der Waals surface area contributed by atoms with Crippen LogP contribution in [0.1, 0.15) is 6.92 Å². The first-order valence-corrected chi connectivity index (χ1v) is 8.02. The summed E-state index contributed by atoms with van der Waals surface area (Å²) in [5, 5.41) is 3.56. The second kappa shape index (κ2) is 6.71. The molecule has 1 heterocycles. The highest BCUT2D eigenvalue weighted by Crippen LogP contribution is 2.33. The van der Waals surface area contributed by atoms with Crippen molar-refractivity contribution in [2.45, 2.75) is 13.0 Å². The van der Waals surface area contributed by atoms with E-state index in [4.69, 9.17) is 27.9 Å². The van der Waals surface area contributed by atoms with Crippen molar-refractivity contribution in [3.8, 4) is 5.75 Å². The summed E-state index contributed by atoms with van der Waals surface area (Å²) < 4.78 is 5.39. The van der Waals surface area contributed by atoms with Gasteiger partial charge < -0.3 is 10.1 Å². The first-order valence-electron chi connectivity index (χ1n) is 7.26. The van der Waals surface area contributed by atoms with Crippen molar-refractivity contribution in [2.24, 2.45) is 0 Å². The van der Waals surface area contributed by atoms with Crippen molar-refractivity contribution in [1.82, 2.24) is 0 Å². The molecule has 5 nitrogen and oxygen atoms in total. The van der Waals surface area contributed by atoms with Gasteiger partial charge in [0.15, 0.2) is 6.61 Å². The molecule has 24 heavy (non-hydrogen) atoms. The lowest BCUT2D eigenvalue weighted by molar-refractivity contribution is -0.125. The third-order valence-corrected chi connectivity index (χ3v) is 4.08. The summed E-state index contributed by atoms with van der Waals surface area (Å²) in [6.07, 6.45) is 0. The summed E-state index contributed by atoms with van der Waals surface area (Å²) in [6, 6.07) is 11.1. The molecule has 0 saturated carbocycles. The molecule has 0 saturated heterocycles. The van der Waals surface area contributed by atoms with Crippen LogP contribution in [-0.4, -0.2) is 24.5 Å². The fourth-order valence-electron chi connectivity index (χ4n) is 2.54. The molecule has 1 aliphatic heterocycles. The maximum absolute atomic E-state index is 12.6. The highest BCUT2D eigenvalue weighted by Gasteiger charge is 2.32. The Hall–Kier alpha value is -2.24. The number of hydrogen-bond acceptors (Lipinski definition) is 3. The van der Waals surface area contributed by atoms with Gasteiger partial charge in [-0.15, -0.1) is 0 Å². The molecule has 2 aromatic carbocycles. The molecule has 0 fully saturated rings. The number of para-hydroxylation sites is 2. The Labute approximate surface area is 149 Å². The molecule has 0 bridgehead atoms. The fourth-order valence-corrected chi connectivity index (χ4v) is 3.06. The summed E-state index contributed by atoms with van der Waals surface area (Å²) in [5.74, 6) is -0.0542. The van der Waals surface area contributed by atoms with Crippen LogP contribution in [0, 0.1) is 0 Å². The summed E-state index contributed by atoms with van der Waals surface area (Å²) in [7, 11) is 0. The molecule has 0 aliphatic carbocycles. The highest BCUT2D eigenvalue weighted by molar-refractivity contribution is 6.35. The molecule has 0 radical (unpaired) electrons. The van der Waals surface area contributed by atoms with E-state index >= 15 is 0 Å². The number of halogens is 2. The molecule has 2 aromatic rings. The first-order chi connectivity index (χ1) is 11.5. The van der Waals surface area contributed by atoms with Crippen LogP contribution in [-0.2, 0) is 9.59 Å². The maximum atomic E-state index is 12.6. The van der Waals surface area contributed by atoms with Gasteiger partial charge in [0.2, 0.25) is 5.91 Å². The summed E-state index contributed by atoms with van der Waals surface area (Å²) >= 11 is 11.9. The Bertz CT molecular complexity index is 790. The second-order valence-corrected chi connectivity index (χ2v) is 6.22. The Kier molecular flexibility index (Phi) is 4.64. The van der Waals surface area contributed by atoms with E-state index in [2.05, 4.69) is 5.32 Å². The van der Waals surface area contributed by atoms with E-state index in [9.17, 15) is 9.59 Å². The number of benzene rings is 2. The van der Waals surface area contributed by atoms with Crippen LogP contribution in [0.4, 0.5) is 11.4 Å². The standard InChI is InChI=1S/C17H14Cl2N2O3/c1-10(17(23)20-13-7-11(18)6-12(19)8-13)21-14-4-2-3-5-15(14)24-9-16(21)22/h2-8,10H,9H2,1H3,(H,20,23). The number of fused-ring (bicyclic) bond motifs is 1. The van der Waals surface area contributed by atoms with Crippen LogP contribution in [0.25, 0.3) is 0 Å². The van der Waals surface area contributed by atoms with Crippen molar-refractivity contribution in [2.75, 3.05) is 16.8 Å². The van der Waals surface area contributed by atoms with Gasteiger partial charge in [-0.2, -0.15) is 0 Å². The monoisotopic (exact) mass is 364 g/mol. The molecule has 2 amide bonds. The van der Waals surface area contributed by atoms with Gasteiger partial charge in [-0.05, 0) is 37.3 Å². The summed E-state index contributed by atoms with van der Waals surface area (Å²) in [4.78, 5) is 26.2. The van der Waals surface area contributed by atoms with Crippen LogP contribution >= 0.6 is 23.2 Å². The number of carbonyl (C=O) groups excluding carboxylic acids is 2. The Morgan fingerprint density at radius 2 is 1.88 bits per heavy atom. The average molecular weight is 365 g/mol. The third kappa shape index (κ3) is 3.32. The van der Waals surface area contributed by atoms with Gasteiger partial charge in [0, 0.05) is 15.7 Å². The van der Waals surface area contributed by atoms with Crippen LogP contribution in [0.5, 0.6) is 5.75 Å². The van der Waals surface area contributed by atoms with E-state index in [-0.39, 0.29) is 18.4 Å². The quantitative estimate of drug-likeness (QED) is 0.902. The molecule has 3 rings (SSSR count). The highest BCUT2D eigenvalue weighted by atomic mass is 35.5. The molecule has 1 N–H and O–H groups in total. The van der Waals surface area contributed by atoms with E-state index in [0.29, 0.717) is 27.2 Å². The average Bonchev–Trinajstić information content (AvgIpc) is 2.53. The lowest BCUT2D eigenvalue weighted by Crippen LogP contribution is -2.49. The zero-order valence-electron chi connectivity index (χ0n) is 12.8. The smallest absolute Gasteiger partial charge is 0.265 e. The van der Waals surface area contributed by atoms with Gasteiger partial charge in [-0.1, -0.05) is 35.3 Å². The van der Waals surface area contributed by atoms with E-state index in [1.807, 2.05) is 6.07 Å². The molecular formula is C17H14Cl2N2O3. The number of nitrogens with zero attached hydrogens (tertiary/aromatic N) is 1. The number of carbonyl (C=O) groups is 2. The van der Waals surface area contributed by atoms with Gasteiger partial charge in [-0.3, -0.25) is 14.5 Å². The minimum Gasteiger partial charge on any atom is -0.482 e. The van der Waals surface area contributed by atoms with Crippen LogP contribution in [0.3, 0.4) is 0 Å². The second-order valence-electron chi connectivity index (χ2n) is 5.34. The Morgan fingerprint density at radius 3 is 2.58 bits per heavy atom. The summed E-state index contributed by atoms with van der Waals surface area (Å²) in [5.41, 5.74) is 1.04. The van der Waals surface area contributed by atoms with Crippen LogP contribution in [0.2, 0.25) is 10.0 Å². The molecule has 1 unspecified atom stereocenters. The van der Waals surface area contributed by atoms with E-state index in [0.717, 1.165) is 0 Å². The number of nitrogens with one attached hydrogen (secondary N) is 1. The first kappa shape index (κ1) is 16.6. The summed E-state index contributed by atoms with van der Waals surface area (Å²) in [6.45, 7) is 1.55. The zero-order valence-corrected chi connectivity index (χ0v) is 14.3. The Balaban J connectivity index is 1.84. The SMILES string of the molecule is CC(C(=O)Nc1cc(Cl)cc(Cl)c1)N1C(=O)COc2ccccc21. The van der Waals surface area contributed by atoms with E-state index < -0.39 is 6.04 Å². The zero-order chi connectivity index (χ0) is 17.3. The predicted octanol–water partition coefficient (Wildman–Crippen LogP) is 3.75. The van der Waals surface area contributed by atoms with Crippen molar-refractivity contribution in [3.63, 3.8) is 0 Å². The number of anilines is 2. The van der Waals surface area contributed by atoms with Gasteiger partial charge in [-0.25, -0.2) is 0 Å². The predicted molar refractivity (Wildman–Crippen MR) is 94.0 cm³/mol. The van der Waals surface area contributed by atoms with Crippen LogP contribution < -0.4 is 15.0 Å². The molecule has 124 valence electrons. The minimum absolute atomic E-state index is 0.0996. The van der Waals surface area contributed by atoms with Crippen molar-refractivity contribution >= 4 is 46.4 Å². The number of rotatable bonds is 3. The Morgan fingerprint density at radius 1 is 1.21 bits per heavy atom. The van der Waals surface area contributed by atoms with Crippen molar-refractivity contribution < 1.29 is 14.3 Å². The molecule has 0 aromatic heterocycles. The molecule has 7 heteroatoms. The molecule has 0 spiro atoms. The number of ether oxygens (including phenoxy) is 1. The van der Waals surface area contributed by atoms with E-state index in [1.54, 1.807) is 43.3 Å². The molecule has 1 atom stereocenters. The number of amides is 2. The molecule has 1 aliphatic rings. The number of hydrogen-bond donors (Lipinski definition) is 1. The normalized spacial score (nSPS) is 14.6. The van der Waals surface area contributed by atoms with Gasteiger partial charge in [0.05, 0.1) is 5.69 Å². The largest absolute Gasteiger partial charge is 0.482 e. The lowest BCUT2D eigenvalue weighted by Gasteiger charge is -2.33. The minimum atomic E-state index is -0.722. The van der Waals surface area contributed by atoms with Gasteiger partial charge in [0.25, 0.3) is 5.91 Å². The topological polar surface area (TPSA) is 58.6 Å². The third-order valence-electron chi connectivity index (χ3n) is 3.64. The van der Waals surface area contributed by atoms with Crippen molar-refractivity contribution in [3.05, 3.63) is 52.5 Å². The maximum Gasteiger partial charge on any atom is 0.265 e. The van der Waals surface area contributed by atoms with Crippen molar-refractivity contribution in [1.29, 1.82) is 0 Å². The van der Waals surface area contributed by atoms with Gasteiger partial charge >= 0.3 is 0 Å². The fraction of sp³-hybridized carbons (Fsp3) is 0.176. The van der Waals surface area contributed by atoms with Crippen LogP contribution in [0.15, 0.2) is 42.5 Å².